The highest BCUT2D eigenvalue weighted by atomic mass is 19.1. The first-order valence-electron chi connectivity index (χ1n) is 7.33. The first-order valence-corrected chi connectivity index (χ1v) is 7.33. The van der Waals surface area contributed by atoms with Gasteiger partial charge in [0.2, 0.25) is 0 Å². The molecule has 0 aliphatic carbocycles. The largest absolute Gasteiger partial charge is 0.357 e. The van der Waals surface area contributed by atoms with E-state index in [1.54, 1.807) is 6.20 Å². The first-order chi connectivity index (χ1) is 10.7. The summed E-state index contributed by atoms with van der Waals surface area (Å²) in [6.45, 7) is 2.27. The SMILES string of the molecule is O=C(NCc1nccc(N2CCCC2)n1)c1ccc(F)cc1. The quantitative estimate of drug-likeness (QED) is 0.940. The van der Waals surface area contributed by atoms with E-state index in [4.69, 9.17) is 0 Å². The molecule has 1 fully saturated rings. The lowest BCUT2D eigenvalue weighted by Gasteiger charge is -2.16. The van der Waals surface area contributed by atoms with Crippen molar-refractivity contribution in [1.29, 1.82) is 0 Å². The number of nitrogens with zero attached hydrogens (tertiary/aromatic N) is 3. The van der Waals surface area contributed by atoms with Gasteiger partial charge in [-0.15, -0.1) is 0 Å². The minimum absolute atomic E-state index is 0.248. The zero-order chi connectivity index (χ0) is 15.4. The lowest BCUT2D eigenvalue weighted by Crippen LogP contribution is -2.25. The number of benzene rings is 1. The summed E-state index contributed by atoms with van der Waals surface area (Å²) >= 11 is 0. The van der Waals surface area contributed by atoms with Crippen LogP contribution in [0.2, 0.25) is 0 Å². The fourth-order valence-electron chi connectivity index (χ4n) is 2.46. The Morgan fingerprint density at radius 1 is 1.18 bits per heavy atom. The fourth-order valence-corrected chi connectivity index (χ4v) is 2.46. The number of hydrogen-bond acceptors (Lipinski definition) is 4. The number of carbonyl (C=O) groups excluding carboxylic acids is 1. The Morgan fingerprint density at radius 3 is 2.64 bits per heavy atom. The molecule has 5 nitrogen and oxygen atoms in total. The van der Waals surface area contributed by atoms with Crippen LogP contribution in [0.1, 0.15) is 29.0 Å². The van der Waals surface area contributed by atoms with E-state index in [9.17, 15) is 9.18 Å². The second-order valence-electron chi connectivity index (χ2n) is 5.21. The van der Waals surface area contributed by atoms with Crippen LogP contribution >= 0.6 is 0 Å². The number of anilines is 1. The van der Waals surface area contributed by atoms with Crippen LogP contribution in [0, 0.1) is 5.82 Å². The summed E-state index contributed by atoms with van der Waals surface area (Å²) in [4.78, 5) is 22.8. The molecule has 0 unspecified atom stereocenters. The fraction of sp³-hybridized carbons (Fsp3) is 0.312. The molecule has 1 aliphatic heterocycles. The Morgan fingerprint density at radius 2 is 1.91 bits per heavy atom. The van der Waals surface area contributed by atoms with Crippen molar-refractivity contribution in [3.8, 4) is 0 Å². The van der Waals surface area contributed by atoms with Crippen molar-refractivity contribution in [2.24, 2.45) is 0 Å². The van der Waals surface area contributed by atoms with Crippen LogP contribution < -0.4 is 10.2 Å². The Balaban J connectivity index is 1.62. The number of nitrogens with one attached hydrogen (secondary N) is 1. The van der Waals surface area contributed by atoms with Crippen molar-refractivity contribution < 1.29 is 9.18 Å². The second-order valence-corrected chi connectivity index (χ2v) is 5.21. The minimum atomic E-state index is -0.363. The zero-order valence-electron chi connectivity index (χ0n) is 12.1. The van der Waals surface area contributed by atoms with Gasteiger partial charge in [-0.05, 0) is 43.2 Å². The van der Waals surface area contributed by atoms with E-state index in [0.29, 0.717) is 11.4 Å². The maximum Gasteiger partial charge on any atom is 0.251 e. The molecule has 2 aromatic rings. The highest BCUT2D eigenvalue weighted by molar-refractivity contribution is 5.94. The molecule has 1 amide bonds. The number of hydrogen-bond donors (Lipinski definition) is 1. The molecule has 0 atom stereocenters. The number of carbonyl (C=O) groups is 1. The van der Waals surface area contributed by atoms with Crippen LogP contribution in [0.25, 0.3) is 0 Å². The standard InChI is InChI=1S/C16H17FN4O/c17-13-5-3-12(4-6-13)16(22)19-11-14-18-8-7-15(20-14)21-9-1-2-10-21/h3-8H,1-2,9-11H2,(H,19,22). The molecule has 1 N–H and O–H groups in total. The monoisotopic (exact) mass is 300 g/mol. The molecular weight excluding hydrogens is 283 g/mol. The molecule has 3 rings (SSSR count). The van der Waals surface area contributed by atoms with Crippen LogP contribution in [-0.4, -0.2) is 29.0 Å². The number of amides is 1. The lowest BCUT2D eigenvalue weighted by atomic mass is 10.2. The van der Waals surface area contributed by atoms with Crippen molar-refractivity contribution in [2.45, 2.75) is 19.4 Å². The van der Waals surface area contributed by atoms with Gasteiger partial charge in [-0.3, -0.25) is 4.79 Å². The number of halogens is 1. The number of rotatable bonds is 4. The van der Waals surface area contributed by atoms with Crippen LogP contribution in [0.3, 0.4) is 0 Å². The first kappa shape index (κ1) is 14.4. The smallest absolute Gasteiger partial charge is 0.251 e. The van der Waals surface area contributed by atoms with E-state index in [1.807, 2.05) is 6.07 Å². The summed E-state index contributed by atoms with van der Waals surface area (Å²) in [5.41, 5.74) is 0.414. The van der Waals surface area contributed by atoms with E-state index >= 15 is 0 Å². The molecule has 22 heavy (non-hydrogen) atoms. The summed E-state index contributed by atoms with van der Waals surface area (Å²) < 4.78 is 12.8. The molecule has 1 aromatic carbocycles. The van der Waals surface area contributed by atoms with Gasteiger partial charge in [0.1, 0.15) is 17.5 Å². The van der Waals surface area contributed by atoms with Gasteiger partial charge in [0.05, 0.1) is 6.54 Å². The zero-order valence-corrected chi connectivity index (χ0v) is 12.1. The van der Waals surface area contributed by atoms with Crippen molar-refractivity contribution in [2.75, 3.05) is 18.0 Å². The highest BCUT2D eigenvalue weighted by Gasteiger charge is 2.14. The molecule has 0 radical (unpaired) electrons. The van der Waals surface area contributed by atoms with E-state index in [-0.39, 0.29) is 18.3 Å². The molecule has 1 aromatic heterocycles. The number of aromatic nitrogens is 2. The summed E-state index contributed by atoms with van der Waals surface area (Å²) in [6.07, 6.45) is 4.07. The third-order valence-corrected chi connectivity index (χ3v) is 3.63. The Hall–Kier alpha value is -2.50. The minimum Gasteiger partial charge on any atom is -0.357 e. The summed E-state index contributed by atoms with van der Waals surface area (Å²) in [7, 11) is 0. The van der Waals surface area contributed by atoms with Gasteiger partial charge in [-0.1, -0.05) is 0 Å². The summed E-state index contributed by atoms with van der Waals surface area (Å²) in [5, 5.41) is 2.75. The predicted octanol–water partition coefficient (Wildman–Crippen LogP) is 2.15. The van der Waals surface area contributed by atoms with Gasteiger partial charge in [-0.2, -0.15) is 0 Å². The van der Waals surface area contributed by atoms with Gasteiger partial charge in [0.15, 0.2) is 0 Å². The van der Waals surface area contributed by atoms with E-state index < -0.39 is 0 Å². The maximum atomic E-state index is 12.8. The summed E-state index contributed by atoms with van der Waals surface area (Å²) in [5.74, 6) is 0.840. The second kappa shape index (κ2) is 6.51. The van der Waals surface area contributed by atoms with Crippen molar-refractivity contribution >= 4 is 11.7 Å². The molecule has 0 saturated carbocycles. The highest BCUT2D eigenvalue weighted by Crippen LogP contribution is 2.16. The lowest BCUT2D eigenvalue weighted by molar-refractivity contribution is 0.0950. The van der Waals surface area contributed by atoms with E-state index in [2.05, 4.69) is 20.2 Å². The normalized spacial score (nSPS) is 14.1. The van der Waals surface area contributed by atoms with Crippen molar-refractivity contribution in [1.82, 2.24) is 15.3 Å². The van der Waals surface area contributed by atoms with Gasteiger partial charge < -0.3 is 10.2 Å². The van der Waals surface area contributed by atoms with Gasteiger partial charge in [-0.25, -0.2) is 14.4 Å². The van der Waals surface area contributed by atoms with E-state index in [1.165, 1.54) is 37.1 Å². The molecule has 1 saturated heterocycles. The Bertz CT molecular complexity index is 653. The predicted molar refractivity (Wildman–Crippen MR) is 81.0 cm³/mol. The summed E-state index contributed by atoms with van der Waals surface area (Å²) in [6, 6.07) is 7.31. The molecule has 1 aliphatic rings. The van der Waals surface area contributed by atoms with Gasteiger partial charge >= 0.3 is 0 Å². The molecule has 0 bridgehead atoms. The van der Waals surface area contributed by atoms with Crippen LogP contribution in [0.5, 0.6) is 0 Å². The molecule has 0 spiro atoms. The van der Waals surface area contributed by atoms with Crippen molar-refractivity contribution in [3.63, 3.8) is 0 Å². The molecule has 6 heteroatoms. The van der Waals surface area contributed by atoms with Crippen LogP contribution in [0.15, 0.2) is 36.5 Å². The molecule has 114 valence electrons. The van der Waals surface area contributed by atoms with Crippen molar-refractivity contribution in [3.05, 3.63) is 53.7 Å². The van der Waals surface area contributed by atoms with E-state index in [0.717, 1.165) is 18.9 Å². The van der Waals surface area contributed by atoms with Gasteiger partial charge in [0.25, 0.3) is 5.91 Å². The topological polar surface area (TPSA) is 58.1 Å². The Labute approximate surface area is 128 Å². The maximum absolute atomic E-state index is 12.8. The third kappa shape index (κ3) is 3.39. The molecule has 2 heterocycles. The van der Waals surface area contributed by atoms with Gasteiger partial charge in [0, 0.05) is 24.8 Å². The third-order valence-electron chi connectivity index (χ3n) is 3.63. The van der Waals surface area contributed by atoms with Crippen LogP contribution in [-0.2, 0) is 6.54 Å². The molecular formula is C16H17FN4O. The average molecular weight is 300 g/mol. The Kier molecular flexibility index (Phi) is 4.27. The average Bonchev–Trinajstić information content (AvgIpc) is 3.08. The van der Waals surface area contributed by atoms with Crippen LogP contribution in [0.4, 0.5) is 10.2 Å².